The van der Waals surface area contributed by atoms with Crippen molar-refractivity contribution in [3.8, 4) is 0 Å². The first-order valence-corrected chi connectivity index (χ1v) is 8.66. The molecule has 122 valence electrons. The maximum absolute atomic E-state index is 11.9. The fourth-order valence-electron chi connectivity index (χ4n) is 1.68. The van der Waals surface area contributed by atoms with Crippen LogP contribution in [-0.2, 0) is 23.8 Å². The molecule has 0 aliphatic rings. The van der Waals surface area contributed by atoms with Crippen molar-refractivity contribution >= 4 is 16.1 Å². The molecule has 0 spiro atoms. The summed E-state index contributed by atoms with van der Waals surface area (Å²) in [5.41, 5.74) is 0.993. The highest BCUT2D eigenvalue weighted by Gasteiger charge is 2.13. The van der Waals surface area contributed by atoms with E-state index >= 15 is 0 Å². The lowest BCUT2D eigenvalue weighted by molar-refractivity contribution is -0.137. The number of carbonyl (C=O) groups is 1. The van der Waals surface area contributed by atoms with Crippen molar-refractivity contribution < 1.29 is 22.1 Å². The molecule has 0 aliphatic heterocycles. The van der Waals surface area contributed by atoms with E-state index in [1.54, 1.807) is 25.1 Å². The largest absolute Gasteiger partial charge is 0.463 e. The second kappa shape index (κ2) is 9.38. The van der Waals surface area contributed by atoms with Gasteiger partial charge in [-0.2, -0.15) is 8.42 Å². The molecule has 0 N–H and O–H groups in total. The Morgan fingerprint density at radius 3 is 2.50 bits per heavy atom. The molecule has 1 rings (SSSR count). The minimum absolute atomic E-state index is 0.128. The first-order valence-electron chi connectivity index (χ1n) is 7.25. The third kappa shape index (κ3) is 6.87. The lowest BCUT2D eigenvalue weighted by atomic mass is 10.2. The van der Waals surface area contributed by atoms with E-state index in [1.807, 2.05) is 6.92 Å². The van der Waals surface area contributed by atoms with Gasteiger partial charge in [-0.25, -0.2) is 4.79 Å². The molecule has 6 heteroatoms. The zero-order valence-electron chi connectivity index (χ0n) is 12.9. The number of benzene rings is 1. The van der Waals surface area contributed by atoms with Crippen LogP contribution < -0.4 is 0 Å². The van der Waals surface area contributed by atoms with Crippen LogP contribution in [0.2, 0.25) is 0 Å². The summed E-state index contributed by atoms with van der Waals surface area (Å²) in [6.45, 7) is 4.12. The van der Waals surface area contributed by atoms with Crippen LogP contribution in [0.25, 0.3) is 0 Å². The molecule has 0 amide bonds. The average molecular weight is 326 g/mol. The number of unbranched alkanes of at least 4 members (excludes halogenated alkanes) is 2. The molecular weight excluding hydrogens is 304 g/mol. The molecule has 22 heavy (non-hydrogen) atoms. The number of aryl methyl sites for hydroxylation is 1. The van der Waals surface area contributed by atoms with Crippen LogP contribution in [0.15, 0.2) is 41.3 Å². The maximum Gasteiger partial charge on any atom is 0.330 e. The van der Waals surface area contributed by atoms with Gasteiger partial charge in [0.2, 0.25) is 0 Å². The monoisotopic (exact) mass is 326 g/mol. The van der Waals surface area contributed by atoms with Crippen LogP contribution in [0.1, 0.15) is 31.7 Å². The summed E-state index contributed by atoms with van der Waals surface area (Å²) in [7, 11) is -3.68. The summed E-state index contributed by atoms with van der Waals surface area (Å²) in [6, 6.07) is 6.53. The number of ether oxygens (including phenoxy) is 1. The fraction of sp³-hybridized carbons (Fsp3) is 0.438. The lowest BCUT2D eigenvalue weighted by Gasteiger charge is -2.05. The van der Waals surface area contributed by atoms with Gasteiger partial charge in [0.25, 0.3) is 10.1 Å². The van der Waals surface area contributed by atoms with Crippen LogP contribution in [0.5, 0.6) is 0 Å². The SMILES string of the molecule is CCOC(=O)/C=C/CCCCOS(=O)(=O)c1ccc(C)cc1. The van der Waals surface area contributed by atoms with Crippen molar-refractivity contribution in [2.45, 2.75) is 38.0 Å². The number of hydrogen-bond donors (Lipinski definition) is 0. The van der Waals surface area contributed by atoms with Gasteiger partial charge in [0.15, 0.2) is 0 Å². The number of carbonyl (C=O) groups excluding carboxylic acids is 1. The molecule has 0 aromatic heterocycles. The van der Waals surface area contributed by atoms with E-state index in [9.17, 15) is 13.2 Å². The Bertz CT molecular complexity index is 587. The van der Waals surface area contributed by atoms with E-state index < -0.39 is 10.1 Å². The normalized spacial score (nSPS) is 11.7. The van der Waals surface area contributed by atoms with Crippen LogP contribution in [0, 0.1) is 6.92 Å². The highest BCUT2D eigenvalue weighted by atomic mass is 32.2. The molecule has 0 radical (unpaired) electrons. The molecule has 0 atom stereocenters. The Balaban J connectivity index is 2.26. The fourth-order valence-corrected chi connectivity index (χ4v) is 2.62. The van der Waals surface area contributed by atoms with Gasteiger partial charge in [0, 0.05) is 6.08 Å². The number of hydrogen-bond acceptors (Lipinski definition) is 5. The van der Waals surface area contributed by atoms with Gasteiger partial charge in [0.1, 0.15) is 0 Å². The Kier molecular flexibility index (Phi) is 7.84. The van der Waals surface area contributed by atoms with E-state index in [-0.39, 0.29) is 17.5 Å². The molecular formula is C16H22O5S. The molecule has 5 nitrogen and oxygen atoms in total. The minimum Gasteiger partial charge on any atom is -0.463 e. The van der Waals surface area contributed by atoms with Gasteiger partial charge < -0.3 is 4.74 Å². The zero-order valence-corrected chi connectivity index (χ0v) is 13.8. The highest BCUT2D eigenvalue weighted by molar-refractivity contribution is 7.86. The van der Waals surface area contributed by atoms with Crippen LogP contribution >= 0.6 is 0 Å². The predicted octanol–water partition coefficient (Wildman–Crippen LogP) is 2.99. The molecule has 0 unspecified atom stereocenters. The molecule has 0 aliphatic carbocycles. The van der Waals surface area contributed by atoms with Gasteiger partial charge in [0.05, 0.1) is 18.1 Å². The number of rotatable bonds is 9. The van der Waals surface area contributed by atoms with E-state index in [4.69, 9.17) is 8.92 Å². The van der Waals surface area contributed by atoms with Crippen molar-refractivity contribution in [3.63, 3.8) is 0 Å². The van der Waals surface area contributed by atoms with E-state index in [2.05, 4.69) is 0 Å². The minimum atomic E-state index is -3.68. The number of allylic oxidation sites excluding steroid dienone is 1. The summed E-state index contributed by atoms with van der Waals surface area (Å²) < 4.78 is 33.5. The number of esters is 1. The van der Waals surface area contributed by atoms with Crippen molar-refractivity contribution in [3.05, 3.63) is 42.0 Å². The Morgan fingerprint density at radius 1 is 1.18 bits per heavy atom. The molecule has 1 aromatic rings. The lowest BCUT2D eigenvalue weighted by Crippen LogP contribution is -2.07. The van der Waals surface area contributed by atoms with Gasteiger partial charge in [-0.1, -0.05) is 23.8 Å². The molecule has 0 heterocycles. The van der Waals surface area contributed by atoms with Crippen LogP contribution in [-0.4, -0.2) is 27.6 Å². The molecule has 0 saturated carbocycles. The van der Waals surface area contributed by atoms with Gasteiger partial charge >= 0.3 is 5.97 Å². The standard InChI is InChI=1S/C16H22O5S/c1-3-20-16(17)8-6-4-5-7-13-21-22(18,19)15-11-9-14(2)10-12-15/h6,8-12H,3-5,7,13H2,1-2H3/b8-6+. The second-order valence-electron chi connectivity index (χ2n) is 4.74. The molecule has 0 saturated heterocycles. The summed E-state index contributed by atoms with van der Waals surface area (Å²) >= 11 is 0. The van der Waals surface area contributed by atoms with Crippen molar-refractivity contribution in [1.29, 1.82) is 0 Å². The van der Waals surface area contributed by atoms with Gasteiger partial charge in [-0.05, 0) is 45.2 Å². The Hall–Kier alpha value is -1.66. The van der Waals surface area contributed by atoms with Crippen LogP contribution in [0.4, 0.5) is 0 Å². The van der Waals surface area contributed by atoms with E-state index in [1.165, 1.54) is 18.2 Å². The van der Waals surface area contributed by atoms with Crippen molar-refractivity contribution in [2.24, 2.45) is 0 Å². The molecule has 0 fully saturated rings. The zero-order chi connectivity index (χ0) is 16.4. The average Bonchev–Trinajstić information content (AvgIpc) is 2.47. The van der Waals surface area contributed by atoms with Crippen LogP contribution in [0.3, 0.4) is 0 Å². The van der Waals surface area contributed by atoms with E-state index in [0.717, 1.165) is 12.0 Å². The predicted molar refractivity (Wildman–Crippen MR) is 83.9 cm³/mol. The quantitative estimate of drug-likeness (QED) is 0.302. The second-order valence-corrected chi connectivity index (χ2v) is 6.35. The first-order chi connectivity index (χ1) is 10.5. The first kappa shape index (κ1) is 18.4. The third-order valence-electron chi connectivity index (χ3n) is 2.85. The summed E-state index contributed by atoms with van der Waals surface area (Å²) in [5, 5.41) is 0. The Morgan fingerprint density at radius 2 is 1.86 bits per heavy atom. The Labute approximate surface area is 132 Å². The smallest absolute Gasteiger partial charge is 0.330 e. The molecule has 0 bridgehead atoms. The van der Waals surface area contributed by atoms with Crippen molar-refractivity contribution in [1.82, 2.24) is 0 Å². The topological polar surface area (TPSA) is 69.7 Å². The maximum atomic E-state index is 11.9. The van der Waals surface area contributed by atoms with Gasteiger partial charge in [-0.3, -0.25) is 4.18 Å². The summed E-state index contributed by atoms with van der Waals surface area (Å²) in [5.74, 6) is -0.360. The van der Waals surface area contributed by atoms with E-state index in [0.29, 0.717) is 19.4 Å². The van der Waals surface area contributed by atoms with Crippen molar-refractivity contribution in [2.75, 3.05) is 13.2 Å². The third-order valence-corrected chi connectivity index (χ3v) is 4.18. The summed E-state index contributed by atoms with van der Waals surface area (Å²) in [6.07, 6.45) is 5.10. The highest BCUT2D eigenvalue weighted by Crippen LogP contribution is 2.13. The van der Waals surface area contributed by atoms with Gasteiger partial charge in [-0.15, -0.1) is 0 Å². The molecule has 1 aromatic carbocycles. The summed E-state index contributed by atoms with van der Waals surface area (Å²) in [4.78, 5) is 11.2.